The van der Waals surface area contributed by atoms with Crippen LogP contribution in [0.3, 0.4) is 0 Å². The summed E-state index contributed by atoms with van der Waals surface area (Å²) in [6, 6.07) is 15.4. The van der Waals surface area contributed by atoms with E-state index in [0.29, 0.717) is 38.0 Å². The van der Waals surface area contributed by atoms with Gasteiger partial charge in [0.1, 0.15) is 17.2 Å². The van der Waals surface area contributed by atoms with Crippen molar-refractivity contribution in [3.63, 3.8) is 0 Å². The van der Waals surface area contributed by atoms with Gasteiger partial charge in [0.2, 0.25) is 0 Å². The van der Waals surface area contributed by atoms with Crippen LogP contribution in [0.5, 0.6) is 17.2 Å². The highest BCUT2D eigenvalue weighted by Gasteiger charge is 2.31. The van der Waals surface area contributed by atoms with E-state index in [4.69, 9.17) is 37.9 Å². The number of hydrogen-bond acceptors (Lipinski definition) is 10. The predicted octanol–water partition coefficient (Wildman–Crippen LogP) is 9.53. The largest absolute Gasteiger partial charge is 0.494 e. The molecule has 2 aromatic rings. The van der Waals surface area contributed by atoms with Crippen LogP contribution in [0.1, 0.15) is 121 Å². The van der Waals surface area contributed by atoms with E-state index < -0.39 is 0 Å². The lowest BCUT2D eigenvalue weighted by Gasteiger charge is -2.25. The molecule has 0 spiro atoms. The highest BCUT2D eigenvalue weighted by Crippen LogP contribution is 2.31. The van der Waals surface area contributed by atoms with Gasteiger partial charge in [-0.25, -0.2) is 0 Å². The molecule has 2 saturated heterocycles. The molecule has 10 nitrogen and oxygen atoms in total. The van der Waals surface area contributed by atoms with Crippen molar-refractivity contribution in [2.24, 2.45) is 11.8 Å². The van der Waals surface area contributed by atoms with E-state index in [1.807, 2.05) is 24.3 Å². The third-order valence-corrected chi connectivity index (χ3v) is 10.2. The number of unbranched alkanes of at least 4 members (excludes halogenated alkanes) is 6. The number of carbonyl (C=O) groups is 2. The van der Waals surface area contributed by atoms with Crippen molar-refractivity contribution in [3.05, 3.63) is 54.1 Å². The van der Waals surface area contributed by atoms with Crippen LogP contribution >= 0.6 is 0 Å². The average molecular weight is 755 g/mol. The van der Waals surface area contributed by atoms with E-state index in [0.717, 1.165) is 102 Å². The predicted molar refractivity (Wildman–Crippen MR) is 208 cm³/mol. The van der Waals surface area contributed by atoms with Crippen LogP contribution < -0.4 is 14.2 Å². The first-order valence-corrected chi connectivity index (χ1v) is 20.7. The van der Waals surface area contributed by atoms with Crippen molar-refractivity contribution in [2.75, 3.05) is 46.8 Å². The molecule has 2 aliphatic heterocycles. The molecule has 0 radical (unpaired) electrons. The Morgan fingerprint density at radius 3 is 1.41 bits per heavy atom. The molecule has 2 atom stereocenters. The second-order valence-electron chi connectivity index (χ2n) is 14.6. The Morgan fingerprint density at radius 1 is 0.537 bits per heavy atom. The summed E-state index contributed by atoms with van der Waals surface area (Å²) in [7, 11) is 1.40. The van der Waals surface area contributed by atoms with Crippen LogP contribution in [-0.2, 0) is 33.3 Å². The number of hydrogen-bond donors (Lipinski definition) is 0. The SMILES string of the molecule is COC(=O)C1CCC(C(=O)Oc2ccc(OCCCCCCOC3CCCCO3)cc2)CC1.Cc1ccc(OCCCCCCOC2CCCCO2)cc1. The van der Waals surface area contributed by atoms with E-state index in [1.165, 1.54) is 44.8 Å². The van der Waals surface area contributed by atoms with Gasteiger partial charge in [-0.05, 0) is 146 Å². The summed E-state index contributed by atoms with van der Waals surface area (Å²) in [5.74, 6) is 1.58. The van der Waals surface area contributed by atoms with Gasteiger partial charge in [0.15, 0.2) is 12.6 Å². The number of rotatable bonds is 21. The van der Waals surface area contributed by atoms with E-state index >= 15 is 0 Å². The van der Waals surface area contributed by atoms with Gasteiger partial charge in [-0.3, -0.25) is 9.59 Å². The lowest BCUT2D eigenvalue weighted by atomic mass is 9.82. The Labute approximate surface area is 323 Å². The van der Waals surface area contributed by atoms with Gasteiger partial charge in [0.05, 0.1) is 32.2 Å². The Balaban J connectivity index is 0.000000266. The van der Waals surface area contributed by atoms with Crippen molar-refractivity contribution in [1.29, 1.82) is 0 Å². The summed E-state index contributed by atoms with van der Waals surface area (Å²) in [5.41, 5.74) is 1.27. The van der Waals surface area contributed by atoms with Crippen LogP contribution in [0, 0.1) is 18.8 Å². The van der Waals surface area contributed by atoms with Gasteiger partial charge >= 0.3 is 11.9 Å². The van der Waals surface area contributed by atoms with Crippen molar-refractivity contribution in [2.45, 2.75) is 135 Å². The number of aryl methyl sites for hydroxylation is 1. The maximum absolute atomic E-state index is 12.4. The number of benzene rings is 2. The molecule has 10 heteroatoms. The van der Waals surface area contributed by atoms with Crippen molar-refractivity contribution in [1.82, 2.24) is 0 Å². The van der Waals surface area contributed by atoms with Gasteiger partial charge < -0.3 is 37.9 Å². The van der Waals surface area contributed by atoms with E-state index in [9.17, 15) is 9.59 Å². The Bertz CT molecular complexity index is 1260. The molecule has 1 aliphatic carbocycles. The van der Waals surface area contributed by atoms with Gasteiger partial charge in [-0.15, -0.1) is 0 Å². The molecule has 3 aliphatic rings. The molecule has 0 N–H and O–H groups in total. The monoisotopic (exact) mass is 754 g/mol. The average Bonchev–Trinajstić information content (AvgIpc) is 3.22. The van der Waals surface area contributed by atoms with Crippen molar-refractivity contribution >= 4 is 11.9 Å². The normalized spacial score (nSPS) is 21.3. The fourth-order valence-corrected chi connectivity index (χ4v) is 6.78. The minimum atomic E-state index is -0.231. The quantitative estimate of drug-likeness (QED) is 0.0695. The van der Waals surface area contributed by atoms with Crippen LogP contribution in [0.25, 0.3) is 0 Å². The molecule has 2 unspecified atom stereocenters. The number of carbonyl (C=O) groups excluding carboxylic acids is 2. The number of ether oxygens (including phenoxy) is 8. The summed E-state index contributed by atoms with van der Waals surface area (Å²) >= 11 is 0. The molecule has 302 valence electrons. The summed E-state index contributed by atoms with van der Waals surface area (Å²) in [6.07, 6.45) is 18.4. The molecule has 0 aromatic heterocycles. The molecule has 3 fully saturated rings. The number of esters is 2. The second kappa shape index (κ2) is 26.6. The van der Waals surface area contributed by atoms with Crippen LogP contribution in [-0.4, -0.2) is 71.3 Å². The summed E-state index contributed by atoms with van der Waals surface area (Å²) in [6.45, 7) is 6.82. The minimum Gasteiger partial charge on any atom is -0.494 e. The van der Waals surface area contributed by atoms with E-state index in [2.05, 4.69) is 19.1 Å². The second-order valence-corrected chi connectivity index (χ2v) is 14.6. The molecule has 1 saturated carbocycles. The van der Waals surface area contributed by atoms with Gasteiger partial charge in [-0.2, -0.15) is 0 Å². The standard InChI is InChI=1S/C26H38O7.C18H28O3/c1-29-25(27)20-9-11-21(12-10-20)26(28)33-23-15-13-22(14-16-23)30-17-5-2-3-6-18-31-24-8-4-7-19-32-24;1-16-9-11-17(12-10-16)19-13-5-2-3-6-14-20-18-8-4-7-15-21-18/h13-16,20-21,24H,2-12,17-19H2,1H3;9-12,18H,2-8,13-15H2,1H3. The maximum Gasteiger partial charge on any atom is 0.314 e. The zero-order valence-corrected chi connectivity index (χ0v) is 33.0. The maximum atomic E-state index is 12.4. The first kappa shape index (κ1) is 43.5. The summed E-state index contributed by atoms with van der Waals surface area (Å²) in [4.78, 5) is 24.0. The molecule has 54 heavy (non-hydrogen) atoms. The molecule has 2 heterocycles. The number of methoxy groups -OCH3 is 1. The summed E-state index contributed by atoms with van der Waals surface area (Å²) < 4.78 is 44.4. The van der Waals surface area contributed by atoms with Crippen molar-refractivity contribution < 1.29 is 47.5 Å². The molecular weight excluding hydrogens is 688 g/mol. The Hall–Kier alpha value is -3.18. The van der Waals surface area contributed by atoms with Gasteiger partial charge in [0.25, 0.3) is 0 Å². The molecule has 5 rings (SSSR count). The highest BCUT2D eigenvalue weighted by atomic mass is 16.7. The van der Waals surface area contributed by atoms with Crippen molar-refractivity contribution in [3.8, 4) is 17.2 Å². The zero-order valence-electron chi connectivity index (χ0n) is 33.0. The fourth-order valence-electron chi connectivity index (χ4n) is 6.78. The Morgan fingerprint density at radius 2 is 0.963 bits per heavy atom. The van der Waals surface area contributed by atoms with E-state index in [1.54, 1.807) is 12.1 Å². The molecule has 0 bridgehead atoms. The molecular formula is C44H66O10. The smallest absolute Gasteiger partial charge is 0.314 e. The summed E-state index contributed by atoms with van der Waals surface area (Å²) in [5, 5.41) is 0. The van der Waals surface area contributed by atoms with Crippen LogP contribution in [0.15, 0.2) is 48.5 Å². The first-order chi connectivity index (χ1) is 26.5. The zero-order chi connectivity index (χ0) is 38.1. The van der Waals surface area contributed by atoms with Crippen LogP contribution in [0.4, 0.5) is 0 Å². The lowest BCUT2D eigenvalue weighted by Crippen LogP contribution is -2.29. The third-order valence-electron chi connectivity index (χ3n) is 10.2. The fraction of sp³-hybridized carbons (Fsp3) is 0.682. The van der Waals surface area contributed by atoms with Crippen LogP contribution in [0.2, 0.25) is 0 Å². The minimum absolute atomic E-state index is 0.00548. The first-order valence-electron chi connectivity index (χ1n) is 20.7. The van der Waals surface area contributed by atoms with Gasteiger partial charge in [0, 0.05) is 26.4 Å². The topological polar surface area (TPSA) is 108 Å². The third kappa shape index (κ3) is 18.0. The highest BCUT2D eigenvalue weighted by molar-refractivity contribution is 5.76. The molecule has 0 amide bonds. The molecule has 2 aromatic carbocycles. The van der Waals surface area contributed by atoms with Gasteiger partial charge in [-0.1, -0.05) is 30.5 Å². The Kier molecular flexibility index (Phi) is 21.4. The lowest BCUT2D eigenvalue weighted by molar-refractivity contribution is -0.163. The van der Waals surface area contributed by atoms with E-state index in [-0.39, 0.29) is 36.4 Å².